The summed E-state index contributed by atoms with van der Waals surface area (Å²) in [6.07, 6.45) is 1.80. The Morgan fingerprint density at radius 2 is 2.31 bits per heavy atom. The average molecular weight is 249 g/mol. The molecule has 2 heterocycles. The summed E-state index contributed by atoms with van der Waals surface area (Å²) in [6, 6.07) is 0.00397. The van der Waals surface area contributed by atoms with Gasteiger partial charge in [0.1, 0.15) is 17.8 Å². The summed E-state index contributed by atoms with van der Waals surface area (Å²) in [6.45, 7) is -0.144. The standard InChI is InChI=1S/C10H13ClO5/c11-4-15-9-6-5(1-2-14-9)7(13)8-10(6,3-12)16-8/h1-2,5-9,12-13H,3-4H2/t5-,6-,7+,8+,9+,10-/m1/s1. The molecule has 0 unspecified atom stereocenters. The zero-order valence-electron chi connectivity index (χ0n) is 8.45. The molecule has 0 aromatic rings. The monoisotopic (exact) mass is 248 g/mol. The van der Waals surface area contributed by atoms with Crippen LogP contribution < -0.4 is 0 Å². The molecule has 1 aliphatic carbocycles. The van der Waals surface area contributed by atoms with Crippen molar-refractivity contribution in [3.05, 3.63) is 12.3 Å². The first kappa shape index (κ1) is 10.8. The lowest BCUT2D eigenvalue weighted by atomic mass is 9.86. The van der Waals surface area contributed by atoms with Gasteiger partial charge in [0.15, 0.2) is 0 Å². The molecule has 0 aromatic carbocycles. The molecular weight excluding hydrogens is 236 g/mol. The van der Waals surface area contributed by atoms with Gasteiger partial charge < -0.3 is 24.4 Å². The maximum absolute atomic E-state index is 9.99. The highest BCUT2D eigenvalue weighted by atomic mass is 35.5. The molecule has 0 spiro atoms. The number of epoxide rings is 1. The zero-order chi connectivity index (χ0) is 11.3. The predicted molar refractivity (Wildman–Crippen MR) is 53.5 cm³/mol. The molecule has 0 amide bonds. The van der Waals surface area contributed by atoms with E-state index in [0.29, 0.717) is 0 Å². The molecule has 16 heavy (non-hydrogen) atoms. The second kappa shape index (κ2) is 3.58. The number of alkyl halides is 1. The molecule has 6 heteroatoms. The van der Waals surface area contributed by atoms with Gasteiger partial charge in [0, 0.05) is 5.92 Å². The molecule has 0 aromatic heterocycles. The maximum Gasteiger partial charge on any atom is 0.206 e. The van der Waals surface area contributed by atoms with Gasteiger partial charge >= 0.3 is 0 Å². The van der Waals surface area contributed by atoms with E-state index < -0.39 is 18.0 Å². The Bertz CT molecular complexity index is 322. The molecule has 6 atom stereocenters. The average Bonchev–Trinajstić information content (AvgIpc) is 2.99. The molecular formula is C10H13ClO5. The van der Waals surface area contributed by atoms with E-state index >= 15 is 0 Å². The summed E-state index contributed by atoms with van der Waals surface area (Å²) < 4.78 is 16.0. The van der Waals surface area contributed by atoms with Crippen molar-refractivity contribution in [1.82, 2.24) is 0 Å². The van der Waals surface area contributed by atoms with Crippen molar-refractivity contribution in [2.45, 2.75) is 24.1 Å². The van der Waals surface area contributed by atoms with Crippen LogP contribution in [0, 0.1) is 11.8 Å². The molecule has 2 N–H and O–H groups in total. The SMILES string of the molecule is OC[C@]12O[C@H]1[C@@H](O)[C@@H]1C=CO[C@@H](OCCl)[C@@H]12. The third-order valence-corrected chi connectivity index (χ3v) is 3.86. The van der Waals surface area contributed by atoms with Gasteiger partial charge in [0.25, 0.3) is 0 Å². The summed E-state index contributed by atoms with van der Waals surface area (Å²) in [7, 11) is 0. The lowest BCUT2D eigenvalue weighted by molar-refractivity contribution is -0.172. The minimum Gasteiger partial charge on any atom is -0.472 e. The lowest BCUT2D eigenvalue weighted by Gasteiger charge is -2.34. The Labute approximate surface area is 97.5 Å². The number of ether oxygens (including phenoxy) is 3. The van der Waals surface area contributed by atoms with Crippen LogP contribution in [-0.4, -0.2) is 47.0 Å². The number of fused-ring (bicyclic) bond motifs is 3. The largest absolute Gasteiger partial charge is 0.472 e. The van der Waals surface area contributed by atoms with E-state index in [2.05, 4.69) is 0 Å². The van der Waals surface area contributed by atoms with Crippen LogP contribution in [0.2, 0.25) is 0 Å². The Balaban J connectivity index is 1.90. The normalized spacial score (nSPS) is 53.1. The first-order chi connectivity index (χ1) is 7.74. The summed E-state index contributed by atoms with van der Waals surface area (Å²) in [5, 5.41) is 19.4. The van der Waals surface area contributed by atoms with Crippen LogP contribution in [0.1, 0.15) is 0 Å². The van der Waals surface area contributed by atoms with Gasteiger partial charge in [-0.15, -0.1) is 0 Å². The van der Waals surface area contributed by atoms with Crippen molar-refractivity contribution in [3.8, 4) is 0 Å². The molecule has 90 valence electrons. The van der Waals surface area contributed by atoms with Gasteiger partial charge in [-0.2, -0.15) is 0 Å². The van der Waals surface area contributed by atoms with Crippen molar-refractivity contribution >= 4 is 11.6 Å². The first-order valence-corrected chi connectivity index (χ1v) is 5.74. The Morgan fingerprint density at radius 3 is 3.00 bits per heavy atom. The highest BCUT2D eigenvalue weighted by Crippen LogP contribution is 2.59. The number of aliphatic hydroxyl groups is 2. The van der Waals surface area contributed by atoms with Crippen LogP contribution >= 0.6 is 11.6 Å². The number of halogens is 1. The van der Waals surface area contributed by atoms with Gasteiger partial charge in [0.05, 0.1) is 24.9 Å². The van der Waals surface area contributed by atoms with E-state index in [1.807, 2.05) is 0 Å². The van der Waals surface area contributed by atoms with E-state index in [0.717, 1.165) is 0 Å². The van der Waals surface area contributed by atoms with Crippen LogP contribution in [0.3, 0.4) is 0 Å². The van der Waals surface area contributed by atoms with Crippen molar-refractivity contribution < 1.29 is 24.4 Å². The first-order valence-electron chi connectivity index (χ1n) is 5.21. The van der Waals surface area contributed by atoms with Crippen molar-refractivity contribution in [2.75, 3.05) is 12.7 Å². The fraction of sp³-hybridized carbons (Fsp3) is 0.800. The third kappa shape index (κ3) is 1.21. The van der Waals surface area contributed by atoms with E-state index in [1.165, 1.54) is 6.26 Å². The second-order valence-electron chi connectivity index (χ2n) is 4.35. The molecule has 0 bridgehead atoms. The number of rotatable bonds is 3. The van der Waals surface area contributed by atoms with Gasteiger partial charge in [-0.25, -0.2) is 0 Å². The smallest absolute Gasteiger partial charge is 0.206 e. The van der Waals surface area contributed by atoms with Gasteiger partial charge in [0.2, 0.25) is 6.29 Å². The highest BCUT2D eigenvalue weighted by Gasteiger charge is 2.75. The summed E-state index contributed by atoms with van der Waals surface area (Å²) >= 11 is 5.52. The van der Waals surface area contributed by atoms with Crippen LogP contribution in [0.15, 0.2) is 12.3 Å². The fourth-order valence-corrected chi connectivity index (χ4v) is 3.07. The minimum absolute atomic E-state index is 0.00397. The fourth-order valence-electron chi connectivity index (χ4n) is 2.95. The molecule has 1 saturated heterocycles. The van der Waals surface area contributed by atoms with Crippen molar-refractivity contribution in [3.63, 3.8) is 0 Å². The molecule has 3 aliphatic rings. The van der Waals surface area contributed by atoms with E-state index in [4.69, 9.17) is 25.8 Å². The summed E-state index contributed by atoms with van der Waals surface area (Å²) in [4.78, 5) is 0. The van der Waals surface area contributed by atoms with Crippen LogP contribution in [0.5, 0.6) is 0 Å². The molecule has 5 nitrogen and oxygen atoms in total. The molecule has 2 aliphatic heterocycles. The van der Waals surface area contributed by atoms with E-state index in [1.54, 1.807) is 6.08 Å². The predicted octanol–water partition coefficient (Wildman–Crippen LogP) is -0.194. The minimum atomic E-state index is -0.717. The summed E-state index contributed by atoms with van der Waals surface area (Å²) in [5.41, 5.74) is -0.717. The second-order valence-corrected chi connectivity index (χ2v) is 4.57. The van der Waals surface area contributed by atoms with Crippen LogP contribution in [0.4, 0.5) is 0 Å². The Morgan fingerprint density at radius 1 is 1.50 bits per heavy atom. The highest BCUT2D eigenvalue weighted by molar-refractivity contribution is 6.17. The van der Waals surface area contributed by atoms with Crippen LogP contribution in [-0.2, 0) is 14.2 Å². The van der Waals surface area contributed by atoms with Gasteiger partial charge in [-0.05, 0) is 6.08 Å². The molecule has 2 fully saturated rings. The number of aliphatic hydroxyl groups excluding tert-OH is 2. The summed E-state index contributed by atoms with van der Waals surface area (Å²) in [5.74, 6) is -0.311. The third-order valence-electron chi connectivity index (χ3n) is 3.74. The lowest BCUT2D eigenvalue weighted by Crippen LogP contribution is -2.43. The van der Waals surface area contributed by atoms with E-state index in [9.17, 15) is 10.2 Å². The molecule has 1 saturated carbocycles. The quantitative estimate of drug-likeness (QED) is 0.535. The Hall–Kier alpha value is -0.330. The van der Waals surface area contributed by atoms with E-state index in [-0.39, 0.29) is 30.6 Å². The number of hydrogen-bond donors (Lipinski definition) is 2. The molecule has 0 radical (unpaired) electrons. The number of hydrogen-bond acceptors (Lipinski definition) is 5. The molecule has 3 rings (SSSR count). The van der Waals surface area contributed by atoms with Crippen LogP contribution in [0.25, 0.3) is 0 Å². The van der Waals surface area contributed by atoms with Gasteiger partial charge in [-0.1, -0.05) is 11.6 Å². The van der Waals surface area contributed by atoms with Gasteiger partial charge in [-0.3, -0.25) is 0 Å². The Kier molecular flexibility index (Phi) is 2.42. The zero-order valence-corrected chi connectivity index (χ0v) is 9.21. The maximum atomic E-state index is 9.99. The van der Waals surface area contributed by atoms with Crippen molar-refractivity contribution in [2.24, 2.45) is 11.8 Å². The topological polar surface area (TPSA) is 71.5 Å². The van der Waals surface area contributed by atoms with Crippen molar-refractivity contribution in [1.29, 1.82) is 0 Å².